The molecule has 0 aliphatic rings. The van der Waals surface area contributed by atoms with Gasteiger partial charge in [-0.05, 0) is 22.6 Å². The third kappa shape index (κ3) is 4.16. The molecule has 2 atom stereocenters. The molecule has 0 amide bonds. The van der Waals surface area contributed by atoms with E-state index in [0.29, 0.717) is 11.7 Å². The van der Waals surface area contributed by atoms with E-state index in [1.165, 1.54) is 16.7 Å². The van der Waals surface area contributed by atoms with Crippen molar-refractivity contribution >= 4 is 9.24 Å². The maximum atomic E-state index is 3.54. The van der Waals surface area contributed by atoms with Crippen molar-refractivity contribution in [3.63, 3.8) is 0 Å². The molecule has 19 heavy (non-hydrogen) atoms. The number of nitrogens with one attached hydrogen (secondary N) is 1. The topological polar surface area (TPSA) is 12.0 Å². The van der Waals surface area contributed by atoms with Gasteiger partial charge in [0, 0.05) is 12.3 Å². The van der Waals surface area contributed by atoms with Crippen molar-refractivity contribution in [3.05, 3.63) is 71.3 Å². The van der Waals surface area contributed by atoms with Crippen molar-refractivity contribution in [1.29, 1.82) is 0 Å². The predicted molar refractivity (Wildman–Crippen MR) is 86.3 cm³/mol. The molecule has 2 heteroatoms. The van der Waals surface area contributed by atoms with Crippen LogP contribution in [0, 0.1) is 0 Å². The molecular formula is C17H22NP. The molecule has 0 aliphatic heterocycles. The second-order valence-electron chi connectivity index (χ2n) is 5.17. The summed E-state index contributed by atoms with van der Waals surface area (Å²) in [6.07, 6.45) is 0. The highest BCUT2D eigenvalue weighted by Gasteiger charge is 2.05. The lowest BCUT2D eigenvalue weighted by atomic mass is 10.0. The minimum Gasteiger partial charge on any atom is -0.303 e. The number of hydrogen-bond donors (Lipinski definition) is 1. The van der Waals surface area contributed by atoms with Crippen LogP contribution in [0.4, 0.5) is 0 Å². The van der Waals surface area contributed by atoms with Crippen molar-refractivity contribution in [2.75, 3.05) is 0 Å². The average molecular weight is 271 g/mol. The van der Waals surface area contributed by atoms with E-state index in [1.54, 1.807) is 0 Å². The molecule has 1 N–H and O–H groups in total. The Balaban J connectivity index is 1.97. The predicted octanol–water partition coefficient (Wildman–Crippen LogP) is 4.47. The van der Waals surface area contributed by atoms with Gasteiger partial charge in [0.15, 0.2) is 0 Å². The fraction of sp³-hybridized carbons (Fsp3) is 0.294. The summed E-state index contributed by atoms with van der Waals surface area (Å²) >= 11 is 0. The summed E-state index contributed by atoms with van der Waals surface area (Å²) in [6.45, 7) is 5.35. The van der Waals surface area contributed by atoms with Crippen LogP contribution < -0.4 is 5.32 Å². The zero-order valence-corrected chi connectivity index (χ0v) is 12.8. The van der Waals surface area contributed by atoms with E-state index in [2.05, 4.69) is 76.9 Å². The Bertz CT molecular complexity index is 508. The van der Waals surface area contributed by atoms with Gasteiger partial charge in [-0.25, -0.2) is 0 Å². The summed E-state index contributed by atoms with van der Waals surface area (Å²) in [5.74, 6) is 0.879. The summed E-state index contributed by atoms with van der Waals surface area (Å²) in [6, 6.07) is 19.3. The van der Waals surface area contributed by atoms with Crippen molar-refractivity contribution in [2.45, 2.75) is 32.1 Å². The normalized spacial score (nSPS) is 12.6. The Morgan fingerprint density at radius 3 is 2.32 bits per heavy atom. The van der Waals surface area contributed by atoms with E-state index in [-0.39, 0.29) is 0 Å². The van der Waals surface area contributed by atoms with Crippen LogP contribution in [0.2, 0.25) is 0 Å². The van der Waals surface area contributed by atoms with Gasteiger partial charge in [-0.1, -0.05) is 68.4 Å². The van der Waals surface area contributed by atoms with Crippen LogP contribution in [0.5, 0.6) is 0 Å². The second kappa shape index (κ2) is 6.84. The molecule has 100 valence electrons. The minimum absolute atomic E-state index is 0.295. The molecule has 0 aliphatic carbocycles. The molecule has 0 fully saturated rings. The van der Waals surface area contributed by atoms with Gasteiger partial charge in [0.1, 0.15) is 0 Å². The van der Waals surface area contributed by atoms with Crippen LogP contribution in [-0.4, -0.2) is 0 Å². The third-order valence-corrected chi connectivity index (χ3v) is 3.92. The Labute approximate surface area is 118 Å². The fourth-order valence-corrected chi connectivity index (χ4v) is 2.41. The van der Waals surface area contributed by atoms with Crippen LogP contribution >= 0.6 is 9.24 Å². The summed E-state index contributed by atoms with van der Waals surface area (Å²) < 4.78 is 0. The average Bonchev–Trinajstić information content (AvgIpc) is 2.46. The highest BCUT2D eigenvalue weighted by atomic mass is 31.0. The van der Waals surface area contributed by atoms with Gasteiger partial charge in [-0.15, -0.1) is 9.24 Å². The van der Waals surface area contributed by atoms with Crippen molar-refractivity contribution < 1.29 is 0 Å². The van der Waals surface area contributed by atoms with Gasteiger partial charge in [0.05, 0.1) is 0 Å². The Morgan fingerprint density at radius 2 is 1.63 bits per heavy atom. The summed E-state index contributed by atoms with van der Waals surface area (Å²) in [5, 5.41) is 3.54. The van der Waals surface area contributed by atoms with E-state index in [0.717, 1.165) is 6.54 Å². The van der Waals surface area contributed by atoms with Gasteiger partial charge in [-0.2, -0.15) is 0 Å². The maximum Gasteiger partial charge on any atom is 0.0466 e. The highest BCUT2D eigenvalue weighted by molar-refractivity contribution is 7.17. The Kier molecular flexibility index (Phi) is 5.13. The first-order valence-electron chi connectivity index (χ1n) is 6.79. The van der Waals surface area contributed by atoms with E-state index in [1.807, 2.05) is 6.07 Å². The van der Waals surface area contributed by atoms with Crippen molar-refractivity contribution in [2.24, 2.45) is 0 Å². The lowest BCUT2D eigenvalue weighted by molar-refractivity contribution is 0.676. The van der Waals surface area contributed by atoms with Crippen LogP contribution in [0.15, 0.2) is 54.6 Å². The molecule has 0 saturated carbocycles. The standard InChI is InChI=1S/C17H22NP/c1-13(2)16-10-6-7-14(11-16)12-18-17(19)15-8-4-3-5-9-15/h3-11,13,17-18H,12,19H2,1-2H3. The maximum absolute atomic E-state index is 3.54. The molecule has 0 bridgehead atoms. The van der Waals surface area contributed by atoms with Gasteiger partial charge < -0.3 is 5.32 Å². The van der Waals surface area contributed by atoms with E-state index < -0.39 is 0 Å². The van der Waals surface area contributed by atoms with Gasteiger partial charge in [-0.3, -0.25) is 0 Å². The zero-order valence-electron chi connectivity index (χ0n) is 11.6. The largest absolute Gasteiger partial charge is 0.303 e. The first-order valence-corrected chi connectivity index (χ1v) is 7.46. The van der Waals surface area contributed by atoms with Gasteiger partial charge in [0.2, 0.25) is 0 Å². The number of rotatable bonds is 5. The van der Waals surface area contributed by atoms with Crippen LogP contribution in [0.25, 0.3) is 0 Å². The van der Waals surface area contributed by atoms with Crippen LogP contribution in [0.3, 0.4) is 0 Å². The Hall–Kier alpha value is -1.17. The summed E-state index contributed by atoms with van der Waals surface area (Å²) in [7, 11) is 2.86. The molecule has 2 rings (SSSR count). The molecule has 2 aromatic carbocycles. The quantitative estimate of drug-likeness (QED) is 0.791. The third-order valence-electron chi connectivity index (χ3n) is 3.30. The summed E-state index contributed by atoms with van der Waals surface area (Å²) in [5.41, 5.74) is 4.04. The first-order chi connectivity index (χ1) is 9.16. The molecular weight excluding hydrogens is 249 g/mol. The van der Waals surface area contributed by atoms with Crippen LogP contribution in [0.1, 0.15) is 42.2 Å². The summed E-state index contributed by atoms with van der Waals surface area (Å²) in [4.78, 5) is 0. The zero-order chi connectivity index (χ0) is 13.7. The molecule has 2 unspecified atom stereocenters. The Morgan fingerprint density at radius 1 is 0.947 bits per heavy atom. The van der Waals surface area contributed by atoms with Crippen molar-refractivity contribution in [1.82, 2.24) is 5.32 Å². The smallest absolute Gasteiger partial charge is 0.0466 e. The highest BCUT2D eigenvalue weighted by Crippen LogP contribution is 2.21. The molecule has 0 aromatic heterocycles. The number of hydrogen-bond acceptors (Lipinski definition) is 1. The molecule has 0 radical (unpaired) electrons. The SMILES string of the molecule is CC(C)c1cccc(CNC(P)c2ccccc2)c1. The minimum atomic E-state index is 0.295. The molecule has 1 nitrogen and oxygen atoms in total. The molecule has 2 aromatic rings. The van der Waals surface area contributed by atoms with E-state index in [9.17, 15) is 0 Å². The van der Waals surface area contributed by atoms with E-state index in [4.69, 9.17) is 0 Å². The molecule has 0 heterocycles. The van der Waals surface area contributed by atoms with Crippen molar-refractivity contribution in [3.8, 4) is 0 Å². The molecule has 0 spiro atoms. The first kappa shape index (κ1) is 14.2. The lowest BCUT2D eigenvalue weighted by Crippen LogP contribution is -2.15. The second-order valence-corrected chi connectivity index (χ2v) is 5.84. The van der Waals surface area contributed by atoms with Crippen LogP contribution in [-0.2, 0) is 6.54 Å². The molecule has 0 saturated heterocycles. The van der Waals surface area contributed by atoms with Gasteiger partial charge >= 0.3 is 0 Å². The monoisotopic (exact) mass is 271 g/mol. The van der Waals surface area contributed by atoms with Gasteiger partial charge in [0.25, 0.3) is 0 Å². The van der Waals surface area contributed by atoms with E-state index >= 15 is 0 Å². The lowest BCUT2D eigenvalue weighted by Gasteiger charge is -2.15. The fourth-order valence-electron chi connectivity index (χ4n) is 2.07. The number of benzene rings is 2.